The molecule has 0 aromatic heterocycles. The predicted molar refractivity (Wildman–Crippen MR) is 71.9 cm³/mol. The molecule has 0 spiro atoms. The SMILES string of the molecule is CCCCCCC1CNCC(CCCC)N1. The van der Waals surface area contributed by atoms with E-state index >= 15 is 0 Å². The third-order valence-electron chi connectivity index (χ3n) is 3.57. The largest absolute Gasteiger partial charge is 0.314 e. The quantitative estimate of drug-likeness (QED) is 0.622. The van der Waals surface area contributed by atoms with Gasteiger partial charge in [0.1, 0.15) is 0 Å². The molecule has 2 unspecified atom stereocenters. The topological polar surface area (TPSA) is 24.1 Å². The summed E-state index contributed by atoms with van der Waals surface area (Å²) in [7, 11) is 0. The van der Waals surface area contributed by atoms with Gasteiger partial charge in [-0.25, -0.2) is 0 Å². The lowest BCUT2D eigenvalue weighted by molar-refractivity contribution is 0.304. The maximum atomic E-state index is 3.80. The van der Waals surface area contributed by atoms with Crippen molar-refractivity contribution < 1.29 is 0 Å². The normalized spacial score (nSPS) is 25.9. The van der Waals surface area contributed by atoms with E-state index < -0.39 is 0 Å². The molecular formula is C14H30N2. The van der Waals surface area contributed by atoms with Crippen molar-refractivity contribution in [3.63, 3.8) is 0 Å². The summed E-state index contributed by atoms with van der Waals surface area (Å²) < 4.78 is 0. The molecule has 0 saturated carbocycles. The second-order valence-electron chi connectivity index (χ2n) is 5.21. The summed E-state index contributed by atoms with van der Waals surface area (Å²) >= 11 is 0. The number of hydrogen-bond acceptors (Lipinski definition) is 2. The summed E-state index contributed by atoms with van der Waals surface area (Å²) in [6.07, 6.45) is 10.9. The van der Waals surface area contributed by atoms with E-state index in [0.29, 0.717) is 0 Å². The second kappa shape index (κ2) is 9.00. The fourth-order valence-electron chi connectivity index (χ4n) is 2.52. The Morgan fingerprint density at radius 3 is 2.06 bits per heavy atom. The Hall–Kier alpha value is -0.0800. The summed E-state index contributed by atoms with van der Waals surface area (Å²) in [6.45, 7) is 6.90. The number of hydrogen-bond donors (Lipinski definition) is 2. The molecule has 1 aliphatic heterocycles. The summed E-state index contributed by atoms with van der Waals surface area (Å²) in [5.41, 5.74) is 0. The van der Waals surface area contributed by atoms with Crippen LogP contribution in [0.15, 0.2) is 0 Å². The van der Waals surface area contributed by atoms with Gasteiger partial charge in [0.15, 0.2) is 0 Å². The lowest BCUT2D eigenvalue weighted by Crippen LogP contribution is -2.54. The Bertz CT molecular complexity index is 159. The maximum absolute atomic E-state index is 3.80. The van der Waals surface area contributed by atoms with Crippen molar-refractivity contribution in [3.05, 3.63) is 0 Å². The zero-order valence-electron chi connectivity index (χ0n) is 11.2. The van der Waals surface area contributed by atoms with Gasteiger partial charge in [-0.1, -0.05) is 52.4 Å². The van der Waals surface area contributed by atoms with Gasteiger partial charge in [-0.2, -0.15) is 0 Å². The van der Waals surface area contributed by atoms with Crippen molar-refractivity contribution in [3.8, 4) is 0 Å². The molecule has 1 rings (SSSR count). The Labute approximate surface area is 102 Å². The Morgan fingerprint density at radius 1 is 0.812 bits per heavy atom. The molecular weight excluding hydrogens is 196 g/mol. The van der Waals surface area contributed by atoms with Gasteiger partial charge in [0.25, 0.3) is 0 Å². The van der Waals surface area contributed by atoms with Crippen LogP contribution in [0.25, 0.3) is 0 Å². The van der Waals surface area contributed by atoms with Crippen molar-refractivity contribution >= 4 is 0 Å². The van der Waals surface area contributed by atoms with Crippen LogP contribution in [0.4, 0.5) is 0 Å². The lowest BCUT2D eigenvalue weighted by Gasteiger charge is -2.32. The minimum Gasteiger partial charge on any atom is -0.314 e. The van der Waals surface area contributed by atoms with E-state index in [1.807, 2.05) is 0 Å². The molecule has 0 amide bonds. The van der Waals surface area contributed by atoms with Crippen molar-refractivity contribution in [2.24, 2.45) is 0 Å². The fraction of sp³-hybridized carbons (Fsp3) is 1.00. The van der Waals surface area contributed by atoms with Crippen molar-refractivity contribution in [1.82, 2.24) is 10.6 Å². The van der Waals surface area contributed by atoms with Crippen LogP contribution in [0, 0.1) is 0 Å². The lowest BCUT2D eigenvalue weighted by atomic mass is 10.0. The van der Waals surface area contributed by atoms with Gasteiger partial charge in [-0.15, -0.1) is 0 Å². The monoisotopic (exact) mass is 226 g/mol. The van der Waals surface area contributed by atoms with Gasteiger partial charge < -0.3 is 10.6 Å². The highest BCUT2D eigenvalue weighted by atomic mass is 15.1. The van der Waals surface area contributed by atoms with Gasteiger partial charge in [-0.05, 0) is 12.8 Å². The summed E-state index contributed by atoms with van der Waals surface area (Å²) in [6, 6.07) is 1.46. The second-order valence-corrected chi connectivity index (χ2v) is 5.21. The van der Waals surface area contributed by atoms with Crippen molar-refractivity contribution in [1.29, 1.82) is 0 Å². The third kappa shape index (κ3) is 5.86. The van der Waals surface area contributed by atoms with E-state index in [2.05, 4.69) is 24.5 Å². The van der Waals surface area contributed by atoms with Crippen LogP contribution >= 0.6 is 0 Å². The van der Waals surface area contributed by atoms with E-state index in [1.165, 1.54) is 64.5 Å². The van der Waals surface area contributed by atoms with Crippen molar-refractivity contribution in [2.45, 2.75) is 77.3 Å². The highest BCUT2D eigenvalue weighted by molar-refractivity contribution is 4.83. The minimum atomic E-state index is 0.727. The standard InChI is InChI=1S/C14H30N2/c1-3-5-7-8-10-14-12-15-11-13(16-14)9-6-4-2/h13-16H,3-12H2,1-2H3. The van der Waals surface area contributed by atoms with Crippen LogP contribution in [0.3, 0.4) is 0 Å². The van der Waals surface area contributed by atoms with Gasteiger partial charge in [0, 0.05) is 25.2 Å². The Kier molecular flexibility index (Phi) is 7.87. The molecule has 1 saturated heterocycles. The Balaban J connectivity index is 2.07. The van der Waals surface area contributed by atoms with E-state index in [0.717, 1.165) is 12.1 Å². The number of piperazine rings is 1. The Morgan fingerprint density at radius 2 is 1.44 bits per heavy atom. The molecule has 16 heavy (non-hydrogen) atoms. The summed E-state index contributed by atoms with van der Waals surface area (Å²) in [4.78, 5) is 0. The maximum Gasteiger partial charge on any atom is 0.0195 e. The first-order chi connectivity index (χ1) is 7.86. The molecule has 0 bridgehead atoms. The first kappa shape index (κ1) is 14.0. The smallest absolute Gasteiger partial charge is 0.0195 e. The van der Waals surface area contributed by atoms with E-state index in [4.69, 9.17) is 0 Å². The molecule has 96 valence electrons. The molecule has 1 aliphatic rings. The average molecular weight is 226 g/mol. The number of unbranched alkanes of at least 4 members (excludes halogenated alkanes) is 4. The summed E-state index contributed by atoms with van der Waals surface area (Å²) in [5, 5.41) is 7.37. The third-order valence-corrected chi connectivity index (χ3v) is 3.57. The van der Waals surface area contributed by atoms with Gasteiger partial charge in [0.2, 0.25) is 0 Å². The van der Waals surface area contributed by atoms with Crippen LogP contribution in [0.1, 0.15) is 65.2 Å². The van der Waals surface area contributed by atoms with Gasteiger partial charge >= 0.3 is 0 Å². The highest BCUT2D eigenvalue weighted by Gasteiger charge is 2.19. The minimum absolute atomic E-state index is 0.727. The molecule has 2 nitrogen and oxygen atoms in total. The van der Waals surface area contributed by atoms with Crippen molar-refractivity contribution in [2.75, 3.05) is 13.1 Å². The zero-order chi connectivity index (χ0) is 11.6. The molecule has 1 fully saturated rings. The van der Waals surface area contributed by atoms with Gasteiger partial charge in [0.05, 0.1) is 0 Å². The van der Waals surface area contributed by atoms with Crippen LogP contribution in [-0.2, 0) is 0 Å². The van der Waals surface area contributed by atoms with Crippen LogP contribution < -0.4 is 10.6 Å². The van der Waals surface area contributed by atoms with Gasteiger partial charge in [-0.3, -0.25) is 0 Å². The molecule has 0 aliphatic carbocycles. The van der Waals surface area contributed by atoms with Crippen LogP contribution in [0.2, 0.25) is 0 Å². The molecule has 2 atom stereocenters. The first-order valence-corrected chi connectivity index (χ1v) is 7.33. The predicted octanol–water partition coefficient (Wildman–Crippen LogP) is 3.08. The fourth-order valence-corrected chi connectivity index (χ4v) is 2.52. The molecule has 1 heterocycles. The zero-order valence-corrected chi connectivity index (χ0v) is 11.2. The average Bonchev–Trinajstić information content (AvgIpc) is 2.33. The molecule has 0 aromatic rings. The van der Waals surface area contributed by atoms with E-state index in [1.54, 1.807) is 0 Å². The first-order valence-electron chi connectivity index (χ1n) is 7.33. The highest BCUT2D eigenvalue weighted by Crippen LogP contribution is 2.10. The van der Waals surface area contributed by atoms with E-state index in [9.17, 15) is 0 Å². The molecule has 0 aromatic carbocycles. The molecule has 0 radical (unpaired) electrons. The number of rotatable bonds is 8. The van der Waals surface area contributed by atoms with Crippen LogP contribution in [0.5, 0.6) is 0 Å². The molecule has 2 heteroatoms. The summed E-state index contributed by atoms with van der Waals surface area (Å²) in [5.74, 6) is 0. The van der Waals surface area contributed by atoms with E-state index in [-0.39, 0.29) is 0 Å². The molecule has 2 N–H and O–H groups in total. The number of nitrogens with one attached hydrogen (secondary N) is 2. The van der Waals surface area contributed by atoms with Crippen LogP contribution in [-0.4, -0.2) is 25.2 Å².